The average Bonchev–Trinajstić information content (AvgIpc) is 2.80. The molecule has 156 valence electrons. The fourth-order valence-electron chi connectivity index (χ4n) is 2.51. The van der Waals surface area contributed by atoms with E-state index in [2.05, 4.69) is 17.5 Å². The molecule has 1 fully saturated rings. The van der Waals surface area contributed by atoms with Crippen molar-refractivity contribution in [3.8, 4) is 6.07 Å². The summed E-state index contributed by atoms with van der Waals surface area (Å²) in [5.74, 6) is 0.402. The van der Waals surface area contributed by atoms with Crippen LogP contribution in [0, 0.1) is 11.3 Å². The molecule has 1 aliphatic heterocycles. The summed E-state index contributed by atoms with van der Waals surface area (Å²) in [5, 5.41) is 11.8. The second-order valence-electron chi connectivity index (χ2n) is 5.09. The molecule has 0 bridgehead atoms. The van der Waals surface area contributed by atoms with Crippen LogP contribution in [0.4, 0.5) is 0 Å². The predicted octanol–water partition coefficient (Wildman–Crippen LogP) is 6.48. The monoisotopic (exact) mass is 376 g/mol. The van der Waals surface area contributed by atoms with Crippen LogP contribution in [0.3, 0.4) is 0 Å². The molecule has 1 aromatic carbocycles. The van der Waals surface area contributed by atoms with Crippen LogP contribution in [0.25, 0.3) is 0 Å². The number of nitriles is 1. The van der Waals surface area contributed by atoms with Crippen LogP contribution in [-0.2, 0) is 17.6 Å². The molecule has 3 heteroatoms. The molecule has 0 aromatic heterocycles. The van der Waals surface area contributed by atoms with Gasteiger partial charge in [0.05, 0.1) is 11.6 Å². The van der Waals surface area contributed by atoms with Crippen molar-refractivity contribution in [2.24, 2.45) is 0 Å². The number of hydrogen-bond donors (Lipinski definition) is 1. The topological polar surface area (TPSA) is 52.9 Å². The van der Waals surface area contributed by atoms with Gasteiger partial charge in [0.1, 0.15) is 5.78 Å². The zero-order valence-electron chi connectivity index (χ0n) is 19.2. The van der Waals surface area contributed by atoms with E-state index < -0.39 is 0 Å². The Kier molecular flexibility index (Phi) is 27.1. The summed E-state index contributed by atoms with van der Waals surface area (Å²) in [7, 11) is 0. The molecule has 0 atom stereocenters. The van der Waals surface area contributed by atoms with E-state index in [0.29, 0.717) is 5.78 Å². The second-order valence-corrected chi connectivity index (χ2v) is 5.09. The fraction of sp³-hybridized carbons (Fsp3) is 0.667. The Morgan fingerprint density at radius 2 is 1.26 bits per heavy atom. The van der Waals surface area contributed by atoms with Crippen LogP contribution >= 0.6 is 0 Å². The van der Waals surface area contributed by atoms with Gasteiger partial charge in [-0.2, -0.15) is 5.26 Å². The maximum atomic E-state index is 10.4. The molecular formula is C24H44N2O. The van der Waals surface area contributed by atoms with Crippen molar-refractivity contribution < 1.29 is 4.79 Å². The number of nitrogens with one attached hydrogen (secondary N) is 1. The van der Waals surface area contributed by atoms with Gasteiger partial charge in [0.25, 0.3) is 0 Å². The minimum absolute atomic E-state index is 0.402. The molecule has 2 aliphatic rings. The van der Waals surface area contributed by atoms with Gasteiger partial charge in [0.15, 0.2) is 0 Å². The minimum atomic E-state index is 0.402. The highest BCUT2D eigenvalue weighted by Crippen LogP contribution is 2.21. The van der Waals surface area contributed by atoms with E-state index in [4.69, 9.17) is 5.26 Å². The number of carbonyl (C=O) groups excluding carboxylic acids is 1. The minimum Gasteiger partial charge on any atom is -0.316 e. The first-order valence-corrected chi connectivity index (χ1v) is 11.0. The number of aryl methyl sites for hydroxylation is 2. The smallest absolute Gasteiger partial charge is 0.135 e. The number of rotatable bonds is 0. The Labute approximate surface area is 169 Å². The van der Waals surface area contributed by atoms with Crippen molar-refractivity contribution in [2.45, 2.75) is 93.9 Å². The van der Waals surface area contributed by atoms with Crippen LogP contribution in [0.15, 0.2) is 18.2 Å². The second kappa shape index (κ2) is 24.3. The number of fused-ring (bicyclic) bond motifs is 1. The number of Topliss-reactive ketones (excluding diaryl/α,β-unsaturated/α-hetero) is 1. The van der Waals surface area contributed by atoms with Gasteiger partial charge in [-0.3, -0.25) is 4.79 Å². The molecule has 0 radical (unpaired) electrons. The lowest BCUT2D eigenvalue weighted by Crippen LogP contribution is -2.27. The summed E-state index contributed by atoms with van der Waals surface area (Å²) < 4.78 is 0. The zero-order valence-corrected chi connectivity index (χ0v) is 19.2. The van der Waals surface area contributed by atoms with Gasteiger partial charge in [-0.25, -0.2) is 0 Å². The Morgan fingerprint density at radius 1 is 0.778 bits per heavy atom. The zero-order chi connectivity index (χ0) is 21.5. The quantitative estimate of drug-likeness (QED) is 0.563. The third-order valence-electron chi connectivity index (χ3n) is 3.64. The largest absolute Gasteiger partial charge is 0.316 e. The molecule has 27 heavy (non-hydrogen) atoms. The average molecular weight is 377 g/mol. The number of hydrogen-bond acceptors (Lipinski definition) is 3. The highest BCUT2D eigenvalue weighted by molar-refractivity contribution is 5.79. The maximum Gasteiger partial charge on any atom is 0.135 e. The van der Waals surface area contributed by atoms with E-state index in [1.165, 1.54) is 30.4 Å². The van der Waals surface area contributed by atoms with E-state index in [9.17, 15) is 4.79 Å². The molecule has 0 spiro atoms. The van der Waals surface area contributed by atoms with Gasteiger partial charge in [0.2, 0.25) is 0 Å². The SMILES string of the molecule is CC.CC.CC.CC.N#Cc1ccc2c(c1)CCCC2.O=C1CCNCC1. The van der Waals surface area contributed by atoms with E-state index in [1.807, 2.05) is 67.5 Å². The summed E-state index contributed by atoms with van der Waals surface area (Å²) in [6, 6.07) is 8.24. The normalized spacial score (nSPS) is 13.4. The Bertz CT molecular complexity index is 482. The number of ketones is 1. The molecular weight excluding hydrogens is 332 g/mol. The van der Waals surface area contributed by atoms with Gasteiger partial charge in [-0.1, -0.05) is 61.5 Å². The van der Waals surface area contributed by atoms with Gasteiger partial charge >= 0.3 is 0 Å². The lowest BCUT2D eigenvalue weighted by Gasteiger charge is -2.14. The lowest BCUT2D eigenvalue weighted by atomic mass is 9.91. The van der Waals surface area contributed by atoms with Gasteiger partial charge in [-0.05, 0) is 48.9 Å². The van der Waals surface area contributed by atoms with Crippen LogP contribution in [0.5, 0.6) is 0 Å². The highest BCUT2D eigenvalue weighted by atomic mass is 16.1. The molecule has 1 aliphatic carbocycles. The number of piperidine rings is 1. The van der Waals surface area contributed by atoms with Crippen molar-refractivity contribution in [2.75, 3.05) is 13.1 Å². The standard InChI is InChI=1S/C11H11N.C5H9NO.4C2H6/c12-8-9-5-6-10-3-1-2-4-11(10)7-9;7-5-1-3-6-4-2-5;4*1-2/h5-7H,1-4H2;6H,1-4H2;4*1-2H3. The first-order chi connectivity index (χ1) is 13.3. The molecule has 1 saturated heterocycles. The Morgan fingerprint density at radius 3 is 1.67 bits per heavy atom. The Hall–Kier alpha value is -1.66. The molecule has 1 aromatic rings. The van der Waals surface area contributed by atoms with E-state index in [-0.39, 0.29) is 0 Å². The summed E-state index contributed by atoms with van der Waals surface area (Å²) in [5.41, 5.74) is 3.64. The molecule has 3 rings (SSSR count). The van der Waals surface area contributed by atoms with Crippen molar-refractivity contribution in [1.29, 1.82) is 5.26 Å². The van der Waals surface area contributed by atoms with Gasteiger partial charge < -0.3 is 5.32 Å². The van der Waals surface area contributed by atoms with Gasteiger partial charge in [0, 0.05) is 25.9 Å². The van der Waals surface area contributed by atoms with Crippen LogP contribution in [0.1, 0.15) is 97.8 Å². The van der Waals surface area contributed by atoms with Crippen molar-refractivity contribution in [3.05, 3.63) is 34.9 Å². The summed E-state index contributed by atoms with van der Waals surface area (Å²) in [4.78, 5) is 10.4. The van der Waals surface area contributed by atoms with Crippen LogP contribution in [0.2, 0.25) is 0 Å². The molecule has 0 saturated carbocycles. The third kappa shape index (κ3) is 15.1. The summed E-state index contributed by atoms with van der Waals surface area (Å²) >= 11 is 0. The highest BCUT2D eigenvalue weighted by Gasteiger charge is 2.08. The molecule has 1 heterocycles. The maximum absolute atomic E-state index is 10.4. The molecule has 1 N–H and O–H groups in total. The number of carbonyl (C=O) groups is 1. The summed E-state index contributed by atoms with van der Waals surface area (Å²) in [6.07, 6.45) is 6.41. The van der Waals surface area contributed by atoms with Crippen molar-refractivity contribution >= 4 is 5.78 Å². The molecule has 3 nitrogen and oxygen atoms in total. The Balaban J connectivity index is -0.000000330. The van der Waals surface area contributed by atoms with Crippen LogP contribution < -0.4 is 5.32 Å². The molecule has 0 unspecified atom stereocenters. The van der Waals surface area contributed by atoms with Crippen LogP contribution in [-0.4, -0.2) is 18.9 Å². The van der Waals surface area contributed by atoms with E-state index in [1.54, 1.807) is 0 Å². The third-order valence-corrected chi connectivity index (χ3v) is 3.64. The number of benzene rings is 1. The predicted molar refractivity (Wildman–Crippen MR) is 120 cm³/mol. The molecule has 0 amide bonds. The number of nitrogens with zero attached hydrogens (tertiary/aromatic N) is 1. The lowest BCUT2D eigenvalue weighted by molar-refractivity contribution is -0.119. The fourth-order valence-corrected chi connectivity index (χ4v) is 2.51. The first-order valence-electron chi connectivity index (χ1n) is 11.0. The van der Waals surface area contributed by atoms with E-state index in [0.717, 1.165) is 37.9 Å². The van der Waals surface area contributed by atoms with Gasteiger partial charge in [-0.15, -0.1) is 0 Å². The van der Waals surface area contributed by atoms with Crippen molar-refractivity contribution in [3.63, 3.8) is 0 Å². The first kappa shape index (κ1) is 30.1. The van der Waals surface area contributed by atoms with E-state index >= 15 is 0 Å². The van der Waals surface area contributed by atoms with Crippen molar-refractivity contribution in [1.82, 2.24) is 5.32 Å². The summed E-state index contributed by atoms with van der Waals surface area (Å²) in [6.45, 7) is 17.8.